The molecule has 0 aromatic carbocycles. The lowest BCUT2D eigenvalue weighted by molar-refractivity contribution is -0.0662. The summed E-state index contributed by atoms with van der Waals surface area (Å²) >= 11 is 0. The van der Waals surface area contributed by atoms with Crippen molar-refractivity contribution >= 4 is 0 Å². The van der Waals surface area contributed by atoms with E-state index >= 15 is 0 Å². The van der Waals surface area contributed by atoms with Gasteiger partial charge in [0, 0.05) is 0 Å². The minimum Gasteiger partial charge on any atom is -0.394 e. The van der Waals surface area contributed by atoms with Gasteiger partial charge in [-0.15, -0.1) is 0 Å². The van der Waals surface area contributed by atoms with Crippen molar-refractivity contribution < 1.29 is 34.6 Å². The molecule has 5 unspecified atom stereocenters. The molecule has 7 heteroatoms. The molecule has 0 saturated carbocycles. The number of aliphatic hydroxyl groups excluding tert-OH is 4. The molecule has 0 heterocycles. The third-order valence-corrected chi connectivity index (χ3v) is 6.45. The smallest absolute Gasteiger partial charge is 0.101 e. The summed E-state index contributed by atoms with van der Waals surface area (Å²) in [7, 11) is 0. The fraction of sp³-hybridized carbons (Fsp3) is 0.931. The van der Waals surface area contributed by atoms with E-state index in [0.29, 0.717) is 6.61 Å². The molecule has 0 aliphatic heterocycles. The molecule has 216 valence electrons. The average molecular weight is 519 g/mol. The summed E-state index contributed by atoms with van der Waals surface area (Å²) in [5.74, 6) is 2.47. The van der Waals surface area contributed by atoms with Crippen molar-refractivity contribution in [2.45, 2.75) is 111 Å². The fourth-order valence-electron chi connectivity index (χ4n) is 4.04. The highest BCUT2D eigenvalue weighted by Gasteiger charge is 2.10. The Hall–Kier alpha value is -0.540. The average Bonchev–Trinajstić information content (AvgIpc) is 2.81. The van der Waals surface area contributed by atoms with Crippen LogP contribution in [0.5, 0.6) is 0 Å². The molecular weight excluding hydrogens is 460 g/mol. The van der Waals surface area contributed by atoms with E-state index in [1.165, 1.54) is 56.9 Å². The lowest BCUT2D eigenvalue weighted by Gasteiger charge is -2.15. The molecule has 0 aliphatic rings. The first-order chi connectivity index (χ1) is 17.1. The van der Waals surface area contributed by atoms with Gasteiger partial charge >= 0.3 is 0 Å². The second-order valence-electron chi connectivity index (χ2n) is 11.2. The molecule has 0 aliphatic carbocycles. The number of rotatable bonds is 25. The summed E-state index contributed by atoms with van der Waals surface area (Å²) < 4.78 is 15.9. The molecule has 0 rings (SSSR count). The van der Waals surface area contributed by atoms with Crippen LogP contribution in [0.15, 0.2) is 11.6 Å². The highest BCUT2D eigenvalue weighted by molar-refractivity contribution is 4.97. The summed E-state index contributed by atoms with van der Waals surface area (Å²) in [6.45, 7) is 11.8. The van der Waals surface area contributed by atoms with Gasteiger partial charge in [-0.05, 0) is 37.5 Å². The quantitative estimate of drug-likeness (QED) is 0.104. The van der Waals surface area contributed by atoms with Gasteiger partial charge in [-0.25, -0.2) is 0 Å². The van der Waals surface area contributed by atoms with Gasteiger partial charge in [0.05, 0.1) is 46.2 Å². The van der Waals surface area contributed by atoms with Gasteiger partial charge < -0.3 is 34.6 Å². The predicted octanol–water partition coefficient (Wildman–Crippen LogP) is 4.50. The molecule has 0 aromatic rings. The van der Waals surface area contributed by atoms with Gasteiger partial charge in [0.2, 0.25) is 0 Å². The second kappa shape index (κ2) is 23.6. The van der Waals surface area contributed by atoms with E-state index < -0.39 is 18.3 Å². The van der Waals surface area contributed by atoms with Crippen LogP contribution in [0.2, 0.25) is 0 Å². The Bertz CT molecular complexity index is 512. The predicted molar refractivity (Wildman–Crippen MR) is 146 cm³/mol. The van der Waals surface area contributed by atoms with E-state index in [1.54, 1.807) is 0 Å². The number of hydrogen-bond donors (Lipinski definition) is 4. The Kier molecular flexibility index (Phi) is 23.2. The normalized spacial score (nSPS) is 16.8. The van der Waals surface area contributed by atoms with E-state index in [1.807, 2.05) is 0 Å². The topological polar surface area (TPSA) is 109 Å². The molecule has 4 N–H and O–H groups in total. The molecule has 7 nitrogen and oxygen atoms in total. The number of ether oxygens (including phenoxy) is 3. The SMILES string of the molecule is CC(=CCOCC(O)COCC(O)COCC(O)CO)CCCC(C)CCCC(C)CCCC(C)C. The van der Waals surface area contributed by atoms with Crippen LogP contribution in [0.25, 0.3) is 0 Å². The zero-order valence-electron chi connectivity index (χ0n) is 23.9. The Morgan fingerprint density at radius 3 is 1.58 bits per heavy atom. The summed E-state index contributed by atoms with van der Waals surface area (Å²) in [5, 5.41) is 37.5. The van der Waals surface area contributed by atoms with Crippen molar-refractivity contribution in [1.82, 2.24) is 0 Å². The molecular formula is C29H58O7. The van der Waals surface area contributed by atoms with Crippen LogP contribution in [0.1, 0.15) is 92.4 Å². The van der Waals surface area contributed by atoms with E-state index in [9.17, 15) is 10.2 Å². The minimum absolute atomic E-state index is 0.00965. The van der Waals surface area contributed by atoms with Crippen LogP contribution in [0, 0.1) is 17.8 Å². The van der Waals surface area contributed by atoms with Gasteiger partial charge in [0.1, 0.15) is 18.3 Å². The maximum absolute atomic E-state index is 9.94. The molecule has 0 saturated heterocycles. The molecule has 5 atom stereocenters. The van der Waals surface area contributed by atoms with Crippen LogP contribution in [-0.4, -0.2) is 85.0 Å². The van der Waals surface area contributed by atoms with Crippen molar-refractivity contribution in [1.29, 1.82) is 0 Å². The van der Waals surface area contributed by atoms with Crippen molar-refractivity contribution in [2.24, 2.45) is 17.8 Å². The first kappa shape index (κ1) is 35.5. The number of allylic oxidation sites excluding steroid dienone is 1. The Labute approximate surface area is 221 Å². The minimum atomic E-state index is -0.952. The van der Waals surface area contributed by atoms with Gasteiger partial charge in [-0.2, -0.15) is 0 Å². The van der Waals surface area contributed by atoms with Crippen molar-refractivity contribution in [3.05, 3.63) is 11.6 Å². The number of aliphatic hydroxyl groups is 4. The van der Waals surface area contributed by atoms with Gasteiger partial charge in [-0.1, -0.05) is 84.3 Å². The van der Waals surface area contributed by atoms with Gasteiger partial charge in [-0.3, -0.25) is 0 Å². The van der Waals surface area contributed by atoms with Crippen LogP contribution in [0.3, 0.4) is 0 Å². The van der Waals surface area contributed by atoms with Crippen LogP contribution < -0.4 is 0 Å². The Balaban J connectivity index is 3.70. The molecule has 0 radical (unpaired) electrons. The van der Waals surface area contributed by atoms with Crippen molar-refractivity contribution in [3.8, 4) is 0 Å². The third kappa shape index (κ3) is 23.8. The van der Waals surface area contributed by atoms with Crippen molar-refractivity contribution in [3.63, 3.8) is 0 Å². The van der Waals surface area contributed by atoms with Crippen LogP contribution >= 0.6 is 0 Å². The summed E-state index contributed by atoms with van der Waals surface area (Å²) in [6.07, 6.45) is 11.2. The van der Waals surface area contributed by atoms with Gasteiger partial charge in [0.25, 0.3) is 0 Å². The lowest BCUT2D eigenvalue weighted by Crippen LogP contribution is -2.29. The monoisotopic (exact) mass is 518 g/mol. The fourth-order valence-corrected chi connectivity index (χ4v) is 4.04. The van der Waals surface area contributed by atoms with Crippen LogP contribution in [0.4, 0.5) is 0 Å². The van der Waals surface area contributed by atoms with Crippen LogP contribution in [-0.2, 0) is 14.2 Å². The first-order valence-electron chi connectivity index (χ1n) is 14.2. The van der Waals surface area contributed by atoms with E-state index in [0.717, 1.165) is 24.2 Å². The first-order valence-corrected chi connectivity index (χ1v) is 14.2. The van der Waals surface area contributed by atoms with Gasteiger partial charge in [0.15, 0.2) is 0 Å². The molecule has 0 fully saturated rings. The van der Waals surface area contributed by atoms with E-state index in [-0.39, 0.29) is 39.6 Å². The highest BCUT2D eigenvalue weighted by atomic mass is 16.5. The number of hydrogen-bond acceptors (Lipinski definition) is 7. The van der Waals surface area contributed by atoms with Crippen molar-refractivity contribution in [2.75, 3.05) is 46.2 Å². The Morgan fingerprint density at radius 1 is 0.639 bits per heavy atom. The maximum atomic E-state index is 9.94. The molecule has 0 spiro atoms. The second-order valence-corrected chi connectivity index (χ2v) is 11.2. The molecule has 0 bridgehead atoms. The molecule has 0 aromatic heterocycles. The highest BCUT2D eigenvalue weighted by Crippen LogP contribution is 2.22. The molecule has 0 amide bonds. The zero-order valence-corrected chi connectivity index (χ0v) is 23.9. The third-order valence-electron chi connectivity index (χ3n) is 6.45. The Morgan fingerprint density at radius 2 is 1.08 bits per heavy atom. The zero-order chi connectivity index (χ0) is 27.2. The van der Waals surface area contributed by atoms with E-state index in [2.05, 4.69) is 40.7 Å². The largest absolute Gasteiger partial charge is 0.394 e. The summed E-state index contributed by atoms with van der Waals surface area (Å²) in [4.78, 5) is 0. The summed E-state index contributed by atoms with van der Waals surface area (Å²) in [5.41, 5.74) is 1.32. The molecule has 36 heavy (non-hydrogen) atoms. The lowest BCUT2D eigenvalue weighted by atomic mass is 9.91. The summed E-state index contributed by atoms with van der Waals surface area (Å²) in [6, 6.07) is 0. The van der Waals surface area contributed by atoms with E-state index in [4.69, 9.17) is 24.4 Å². The maximum Gasteiger partial charge on any atom is 0.101 e. The standard InChI is InChI=1S/C29H58O7/c1-23(2)9-6-10-24(3)11-7-12-25(4)13-8-14-26(5)15-16-34-19-28(32)20-36-22-29(33)21-35-18-27(31)17-30/h15,23-25,27-33H,6-14,16-22H2,1-5H3.